The maximum atomic E-state index is 11.4. The quantitative estimate of drug-likeness (QED) is 0.718. The zero-order chi connectivity index (χ0) is 15.0. The SMILES string of the molecule is COc1ccc(/C=C/COC(=O)CC(C)C)cc1OC. The molecule has 4 nitrogen and oxygen atoms in total. The number of hydrogen-bond acceptors (Lipinski definition) is 4. The van der Waals surface area contributed by atoms with Gasteiger partial charge in [0.25, 0.3) is 0 Å². The molecule has 0 saturated carbocycles. The normalized spacial score (nSPS) is 10.8. The van der Waals surface area contributed by atoms with Crippen LogP contribution in [0.4, 0.5) is 0 Å². The first kappa shape index (κ1) is 16.1. The Morgan fingerprint density at radius 1 is 1.20 bits per heavy atom. The second kappa shape index (κ2) is 8.25. The van der Waals surface area contributed by atoms with Gasteiger partial charge in [0.15, 0.2) is 11.5 Å². The van der Waals surface area contributed by atoms with E-state index in [1.54, 1.807) is 20.3 Å². The fourth-order valence-corrected chi connectivity index (χ4v) is 1.67. The van der Waals surface area contributed by atoms with Crippen LogP contribution in [0.2, 0.25) is 0 Å². The van der Waals surface area contributed by atoms with E-state index in [1.807, 2.05) is 38.1 Å². The number of carbonyl (C=O) groups excluding carboxylic acids is 1. The molecule has 0 saturated heterocycles. The van der Waals surface area contributed by atoms with Gasteiger partial charge < -0.3 is 14.2 Å². The third-order valence-corrected chi connectivity index (χ3v) is 2.63. The van der Waals surface area contributed by atoms with Gasteiger partial charge in [-0.15, -0.1) is 0 Å². The summed E-state index contributed by atoms with van der Waals surface area (Å²) >= 11 is 0. The summed E-state index contributed by atoms with van der Waals surface area (Å²) < 4.78 is 15.5. The molecule has 0 N–H and O–H groups in total. The zero-order valence-corrected chi connectivity index (χ0v) is 12.5. The molecular weight excluding hydrogens is 256 g/mol. The predicted octanol–water partition coefficient (Wildman–Crippen LogP) is 3.31. The highest BCUT2D eigenvalue weighted by atomic mass is 16.5. The van der Waals surface area contributed by atoms with Gasteiger partial charge in [0.05, 0.1) is 14.2 Å². The molecule has 0 bridgehead atoms. The van der Waals surface area contributed by atoms with Crippen LogP contribution < -0.4 is 9.47 Å². The summed E-state index contributed by atoms with van der Waals surface area (Å²) in [5.74, 6) is 1.51. The van der Waals surface area contributed by atoms with Gasteiger partial charge in [-0.1, -0.05) is 26.0 Å². The molecule has 0 radical (unpaired) electrons. The van der Waals surface area contributed by atoms with Gasteiger partial charge in [-0.25, -0.2) is 0 Å². The summed E-state index contributed by atoms with van der Waals surface area (Å²) in [5, 5.41) is 0. The Balaban J connectivity index is 2.52. The van der Waals surface area contributed by atoms with Crippen molar-refractivity contribution in [3.05, 3.63) is 29.8 Å². The highest BCUT2D eigenvalue weighted by Gasteiger charge is 2.05. The summed E-state index contributed by atoms with van der Waals surface area (Å²) in [6, 6.07) is 5.61. The molecule has 0 spiro atoms. The third-order valence-electron chi connectivity index (χ3n) is 2.63. The average molecular weight is 278 g/mol. The molecule has 0 aromatic heterocycles. The summed E-state index contributed by atoms with van der Waals surface area (Å²) in [6.07, 6.45) is 4.13. The van der Waals surface area contributed by atoms with Crippen LogP contribution in [0.5, 0.6) is 11.5 Å². The number of rotatable bonds is 7. The highest BCUT2D eigenvalue weighted by molar-refractivity contribution is 5.69. The van der Waals surface area contributed by atoms with Crippen LogP contribution in [0, 0.1) is 5.92 Å². The van der Waals surface area contributed by atoms with Crippen LogP contribution in [0.1, 0.15) is 25.8 Å². The van der Waals surface area contributed by atoms with Crippen molar-refractivity contribution in [3.63, 3.8) is 0 Å². The average Bonchev–Trinajstić information content (AvgIpc) is 2.42. The molecular formula is C16H22O4. The lowest BCUT2D eigenvalue weighted by Crippen LogP contribution is -2.07. The van der Waals surface area contributed by atoms with E-state index in [0.29, 0.717) is 23.8 Å². The van der Waals surface area contributed by atoms with Gasteiger partial charge in [0.2, 0.25) is 0 Å². The number of esters is 1. The lowest BCUT2D eigenvalue weighted by Gasteiger charge is -2.07. The fourth-order valence-electron chi connectivity index (χ4n) is 1.67. The van der Waals surface area contributed by atoms with Crippen molar-refractivity contribution >= 4 is 12.0 Å². The summed E-state index contributed by atoms with van der Waals surface area (Å²) in [5.41, 5.74) is 0.961. The molecule has 0 aliphatic carbocycles. The Labute approximate surface area is 120 Å². The molecule has 0 heterocycles. The van der Waals surface area contributed by atoms with Gasteiger partial charge in [-0.2, -0.15) is 0 Å². The van der Waals surface area contributed by atoms with Crippen LogP contribution in [0.3, 0.4) is 0 Å². The number of benzene rings is 1. The van der Waals surface area contributed by atoms with E-state index in [0.717, 1.165) is 5.56 Å². The van der Waals surface area contributed by atoms with Crippen LogP contribution >= 0.6 is 0 Å². The first-order valence-corrected chi connectivity index (χ1v) is 6.61. The molecule has 0 unspecified atom stereocenters. The van der Waals surface area contributed by atoms with E-state index in [9.17, 15) is 4.79 Å². The molecule has 4 heteroatoms. The number of ether oxygens (including phenoxy) is 3. The highest BCUT2D eigenvalue weighted by Crippen LogP contribution is 2.27. The molecule has 0 atom stereocenters. The van der Waals surface area contributed by atoms with Crippen LogP contribution in [-0.2, 0) is 9.53 Å². The topological polar surface area (TPSA) is 44.8 Å². The predicted molar refractivity (Wildman–Crippen MR) is 79.0 cm³/mol. The Kier molecular flexibility index (Phi) is 6.64. The Morgan fingerprint density at radius 2 is 1.90 bits per heavy atom. The van der Waals surface area contributed by atoms with Gasteiger partial charge in [0.1, 0.15) is 6.61 Å². The van der Waals surface area contributed by atoms with Crippen molar-refractivity contribution in [2.45, 2.75) is 20.3 Å². The van der Waals surface area contributed by atoms with Crippen LogP contribution in [0.25, 0.3) is 6.08 Å². The Hall–Kier alpha value is -1.97. The van der Waals surface area contributed by atoms with E-state index in [2.05, 4.69) is 0 Å². The minimum Gasteiger partial charge on any atom is -0.493 e. The summed E-state index contributed by atoms with van der Waals surface area (Å²) in [7, 11) is 3.20. The summed E-state index contributed by atoms with van der Waals surface area (Å²) in [4.78, 5) is 11.4. The van der Waals surface area contributed by atoms with Crippen LogP contribution in [-0.4, -0.2) is 26.8 Å². The monoisotopic (exact) mass is 278 g/mol. The van der Waals surface area contributed by atoms with Gasteiger partial charge in [-0.3, -0.25) is 4.79 Å². The Morgan fingerprint density at radius 3 is 2.50 bits per heavy atom. The zero-order valence-electron chi connectivity index (χ0n) is 12.5. The van der Waals surface area contributed by atoms with E-state index >= 15 is 0 Å². The van der Waals surface area contributed by atoms with E-state index in [1.165, 1.54) is 0 Å². The smallest absolute Gasteiger partial charge is 0.306 e. The van der Waals surface area contributed by atoms with Gasteiger partial charge >= 0.3 is 5.97 Å². The molecule has 110 valence electrons. The van der Waals surface area contributed by atoms with Gasteiger partial charge in [-0.05, 0) is 29.7 Å². The molecule has 0 aliphatic heterocycles. The van der Waals surface area contributed by atoms with E-state index in [4.69, 9.17) is 14.2 Å². The molecule has 1 aromatic rings. The fraction of sp³-hybridized carbons (Fsp3) is 0.438. The molecule has 0 fully saturated rings. The largest absolute Gasteiger partial charge is 0.493 e. The maximum Gasteiger partial charge on any atom is 0.306 e. The van der Waals surface area contributed by atoms with E-state index < -0.39 is 0 Å². The van der Waals surface area contributed by atoms with Crippen molar-refractivity contribution in [2.24, 2.45) is 5.92 Å². The van der Waals surface area contributed by atoms with Crippen molar-refractivity contribution in [3.8, 4) is 11.5 Å². The van der Waals surface area contributed by atoms with Gasteiger partial charge in [0, 0.05) is 6.42 Å². The molecule has 0 amide bonds. The van der Waals surface area contributed by atoms with Crippen molar-refractivity contribution in [2.75, 3.05) is 20.8 Å². The molecule has 0 aliphatic rings. The third kappa shape index (κ3) is 5.34. The van der Waals surface area contributed by atoms with Crippen LogP contribution in [0.15, 0.2) is 24.3 Å². The lowest BCUT2D eigenvalue weighted by atomic mass is 10.1. The number of hydrogen-bond donors (Lipinski definition) is 0. The second-order valence-corrected chi connectivity index (χ2v) is 4.80. The van der Waals surface area contributed by atoms with Crippen molar-refractivity contribution in [1.29, 1.82) is 0 Å². The lowest BCUT2D eigenvalue weighted by molar-refractivity contribution is -0.143. The number of carbonyl (C=O) groups is 1. The van der Waals surface area contributed by atoms with Crippen molar-refractivity contribution < 1.29 is 19.0 Å². The first-order chi connectivity index (χ1) is 9.56. The number of methoxy groups -OCH3 is 2. The second-order valence-electron chi connectivity index (χ2n) is 4.80. The molecule has 20 heavy (non-hydrogen) atoms. The maximum absolute atomic E-state index is 11.4. The Bertz CT molecular complexity index is 464. The standard InChI is InChI=1S/C16H22O4/c1-12(2)10-16(17)20-9-5-6-13-7-8-14(18-3)15(11-13)19-4/h5-8,11-12H,9-10H2,1-4H3/b6-5+. The van der Waals surface area contributed by atoms with Crippen molar-refractivity contribution in [1.82, 2.24) is 0 Å². The first-order valence-electron chi connectivity index (χ1n) is 6.61. The minimum atomic E-state index is -0.169. The molecule has 1 aromatic carbocycles. The molecule has 1 rings (SSSR count). The minimum absolute atomic E-state index is 0.169. The van der Waals surface area contributed by atoms with E-state index in [-0.39, 0.29) is 12.6 Å². The summed E-state index contributed by atoms with van der Waals surface area (Å²) in [6.45, 7) is 4.25.